The first-order valence-corrected chi connectivity index (χ1v) is 6.18. The molecule has 1 aromatic carbocycles. The van der Waals surface area contributed by atoms with Gasteiger partial charge in [-0.3, -0.25) is 9.59 Å². The lowest BCUT2D eigenvalue weighted by atomic mass is 10.2. The smallest absolute Gasteiger partial charge is 0.251 e. The zero-order chi connectivity index (χ0) is 13.8. The third-order valence-corrected chi connectivity index (χ3v) is 3.04. The molecular weight excluding hydrogens is 249 g/mol. The van der Waals surface area contributed by atoms with Gasteiger partial charge in [0.25, 0.3) is 5.91 Å². The zero-order valence-corrected chi connectivity index (χ0v) is 10.5. The average molecular weight is 265 g/mol. The summed E-state index contributed by atoms with van der Waals surface area (Å²) in [5.74, 6) is -1.19. The summed E-state index contributed by atoms with van der Waals surface area (Å²) < 4.78 is 13.1. The van der Waals surface area contributed by atoms with E-state index in [9.17, 15) is 14.0 Å². The maximum atomic E-state index is 13.1. The fraction of sp³-hybridized carbons (Fsp3) is 0.385. The van der Waals surface area contributed by atoms with Gasteiger partial charge in [-0.15, -0.1) is 0 Å². The number of benzene rings is 1. The number of carbonyl (C=O) groups is 2. The minimum absolute atomic E-state index is 0.0742. The molecule has 0 unspecified atom stereocenters. The summed E-state index contributed by atoms with van der Waals surface area (Å²) >= 11 is 0. The fourth-order valence-corrected chi connectivity index (χ4v) is 2.08. The third kappa shape index (κ3) is 3.43. The highest BCUT2D eigenvalue weighted by Crippen LogP contribution is 2.11. The summed E-state index contributed by atoms with van der Waals surface area (Å²) in [6.45, 7) is 1.40. The van der Waals surface area contributed by atoms with Gasteiger partial charge in [-0.05, 0) is 31.0 Å². The number of hydrogen-bond acceptors (Lipinski definition) is 3. The van der Waals surface area contributed by atoms with Crippen molar-refractivity contribution in [2.45, 2.75) is 12.8 Å². The topological polar surface area (TPSA) is 75.4 Å². The van der Waals surface area contributed by atoms with Crippen molar-refractivity contribution in [3.05, 3.63) is 29.6 Å². The van der Waals surface area contributed by atoms with Crippen molar-refractivity contribution in [3.8, 4) is 0 Å². The van der Waals surface area contributed by atoms with Crippen LogP contribution in [0, 0.1) is 5.82 Å². The first-order valence-electron chi connectivity index (χ1n) is 6.18. The number of carbonyl (C=O) groups excluding carboxylic acids is 2. The number of halogens is 1. The molecule has 19 heavy (non-hydrogen) atoms. The SMILES string of the molecule is Nc1cc(F)cc(C(=O)NCC(=O)N2CCCC2)c1. The average Bonchev–Trinajstić information content (AvgIpc) is 2.88. The molecule has 2 rings (SSSR count). The first-order chi connectivity index (χ1) is 9.06. The van der Waals surface area contributed by atoms with Gasteiger partial charge in [0.05, 0.1) is 6.54 Å². The Morgan fingerprint density at radius 3 is 2.58 bits per heavy atom. The molecule has 1 fully saturated rings. The number of nitrogens with zero attached hydrogens (tertiary/aromatic N) is 1. The van der Waals surface area contributed by atoms with E-state index in [0.717, 1.165) is 38.1 Å². The van der Waals surface area contributed by atoms with E-state index in [-0.39, 0.29) is 23.7 Å². The molecule has 0 aliphatic carbocycles. The van der Waals surface area contributed by atoms with Crippen LogP contribution >= 0.6 is 0 Å². The van der Waals surface area contributed by atoms with Crippen LogP contribution in [0.15, 0.2) is 18.2 Å². The van der Waals surface area contributed by atoms with Gasteiger partial charge in [0.2, 0.25) is 5.91 Å². The Bertz CT molecular complexity index is 478. The van der Waals surface area contributed by atoms with Crippen molar-refractivity contribution >= 4 is 17.5 Å². The Hall–Kier alpha value is -2.11. The summed E-state index contributed by atoms with van der Waals surface area (Å²) in [6.07, 6.45) is 2.00. The molecule has 102 valence electrons. The van der Waals surface area contributed by atoms with Crippen LogP contribution in [0.5, 0.6) is 0 Å². The molecule has 0 aromatic heterocycles. The predicted octanol–water partition coefficient (Wildman–Crippen LogP) is 0.760. The Balaban J connectivity index is 1.91. The monoisotopic (exact) mass is 265 g/mol. The van der Waals surface area contributed by atoms with Crippen molar-refractivity contribution in [2.75, 3.05) is 25.4 Å². The van der Waals surface area contributed by atoms with E-state index >= 15 is 0 Å². The largest absolute Gasteiger partial charge is 0.399 e. The first kappa shape index (κ1) is 13.3. The molecule has 2 amide bonds. The number of anilines is 1. The van der Waals surface area contributed by atoms with Gasteiger partial charge in [0.1, 0.15) is 5.82 Å². The van der Waals surface area contributed by atoms with E-state index in [0.29, 0.717) is 0 Å². The number of likely N-dealkylation sites (tertiary alicyclic amines) is 1. The molecule has 1 aliphatic rings. The van der Waals surface area contributed by atoms with Crippen LogP contribution in [-0.2, 0) is 4.79 Å². The highest BCUT2D eigenvalue weighted by atomic mass is 19.1. The maximum Gasteiger partial charge on any atom is 0.251 e. The van der Waals surface area contributed by atoms with Gasteiger partial charge < -0.3 is 16.0 Å². The summed E-state index contributed by atoms with van der Waals surface area (Å²) in [5.41, 5.74) is 5.75. The van der Waals surface area contributed by atoms with Crippen LogP contribution in [0.2, 0.25) is 0 Å². The molecule has 1 aromatic rings. The van der Waals surface area contributed by atoms with E-state index in [4.69, 9.17) is 5.73 Å². The summed E-state index contributed by atoms with van der Waals surface area (Å²) in [4.78, 5) is 25.2. The molecule has 0 bridgehead atoms. The zero-order valence-electron chi connectivity index (χ0n) is 10.5. The van der Waals surface area contributed by atoms with Crippen molar-refractivity contribution in [3.63, 3.8) is 0 Å². The predicted molar refractivity (Wildman–Crippen MR) is 69.0 cm³/mol. The molecule has 0 saturated carbocycles. The van der Waals surface area contributed by atoms with Crippen LogP contribution in [0.3, 0.4) is 0 Å². The van der Waals surface area contributed by atoms with Gasteiger partial charge in [-0.2, -0.15) is 0 Å². The normalized spacial score (nSPS) is 14.5. The Labute approximate surface area is 110 Å². The Morgan fingerprint density at radius 1 is 1.26 bits per heavy atom. The number of nitrogens with two attached hydrogens (primary N) is 1. The number of hydrogen-bond donors (Lipinski definition) is 2. The number of nitrogen functional groups attached to an aromatic ring is 1. The van der Waals surface area contributed by atoms with Crippen LogP contribution in [0.4, 0.5) is 10.1 Å². The lowest BCUT2D eigenvalue weighted by Crippen LogP contribution is -2.38. The molecule has 5 nitrogen and oxygen atoms in total. The molecule has 3 N–H and O–H groups in total. The third-order valence-electron chi connectivity index (χ3n) is 3.04. The lowest BCUT2D eigenvalue weighted by molar-refractivity contribution is -0.129. The van der Waals surface area contributed by atoms with Gasteiger partial charge >= 0.3 is 0 Å². The molecule has 0 atom stereocenters. The number of rotatable bonds is 3. The highest BCUT2D eigenvalue weighted by molar-refractivity contribution is 5.97. The van der Waals surface area contributed by atoms with Crippen molar-refractivity contribution < 1.29 is 14.0 Å². The van der Waals surface area contributed by atoms with Crippen LogP contribution in [0.1, 0.15) is 23.2 Å². The molecule has 1 heterocycles. The standard InChI is InChI=1S/C13H16FN3O2/c14-10-5-9(6-11(15)7-10)13(19)16-8-12(18)17-3-1-2-4-17/h5-7H,1-4,8,15H2,(H,16,19). The van der Waals surface area contributed by atoms with Crippen LogP contribution in [-0.4, -0.2) is 36.3 Å². The molecule has 1 aliphatic heterocycles. The van der Waals surface area contributed by atoms with Crippen LogP contribution < -0.4 is 11.1 Å². The summed E-state index contributed by atoms with van der Waals surface area (Å²) in [6, 6.07) is 3.59. The highest BCUT2D eigenvalue weighted by Gasteiger charge is 2.18. The van der Waals surface area contributed by atoms with Crippen molar-refractivity contribution in [1.29, 1.82) is 0 Å². The minimum Gasteiger partial charge on any atom is -0.399 e. The lowest BCUT2D eigenvalue weighted by Gasteiger charge is -2.15. The second-order valence-electron chi connectivity index (χ2n) is 4.54. The van der Waals surface area contributed by atoms with Gasteiger partial charge in [-0.25, -0.2) is 4.39 Å². The molecule has 6 heteroatoms. The van der Waals surface area contributed by atoms with Crippen molar-refractivity contribution in [2.24, 2.45) is 0 Å². The van der Waals surface area contributed by atoms with Gasteiger partial charge in [0, 0.05) is 24.3 Å². The summed E-state index contributed by atoms with van der Waals surface area (Å²) in [7, 11) is 0. The quantitative estimate of drug-likeness (QED) is 0.792. The fourth-order valence-electron chi connectivity index (χ4n) is 2.08. The second kappa shape index (κ2) is 5.69. The van der Waals surface area contributed by atoms with E-state index in [1.54, 1.807) is 4.90 Å². The van der Waals surface area contributed by atoms with Crippen LogP contribution in [0.25, 0.3) is 0 Å². The minimum atomic E-state index is -0.573. The molecule has 0 spiro atoms. The number of amides is 2. The van der Waals surface area contributed by atoms with E-state index < -0.39 is 11.7 Å². The van der Waals surface area contributed by atoms with E-state index in [1.807, 2.05) is 0 Å². The molecule has 1 saturated heterocycles. The maximum absolute atomic E-state index is 13.1. The van der Waals surface area contributed by atoms with Gasteiger partial charge in [-0.1, -0.05) is 0 Å². The van der Waals surface area contributed by atoms with Gasteiger partial charge in [0.15, 0.2) is 0 Å². The Kier molecular flexibility index (Phi) is 3.99. The number of nitrogens with one attached hydrogen (secondary N) is 1. The summed E-state index contributed by atoms with van der Waals surface area (Å²) in [5, 5.41) is 2.48. The molecule has 0 radical (unpaired) electrons. The molecular formula is C13H16FN3O2. The van der Waals surface area contributed by atoms with E-state index in [2.05, 4.69) is 5.32 Å². The second-order valence-corrected chi connectivity index (χ2v) is 4.54. The van der Waals surface area contributed by atoms with Crippen molar-refractivity contribution in [1.82, 2.24) is 10.2 Å². The Morgan fingerprint density at radius 2 is 1.95 bits per heavy atom. The van der Waals surface area contributed by atoms with E-state index in [1.165, 1.54) is 6.07 Å².